The third-order valence-electron chi connectivity index (χ3n) is 5.71. The van der Waals surface area contributed by atoms with E-state index < -0.39 is 8.07 Å². The Labute approximate surface area is 148 Å². The van der Waals surface area contributed by atoms with E-state index in [2.05, 4.69) is 80.7 Å². The second kappa shape index (κ2) is 7.67. The van der Waals surface area contributed by atoms with E-state index >= 15 is 0 Å². The van der Waals surface area contributed by atoms with Crippen LogP contribution in [-0.4, -0.2) is 14.2 Å². The Kier molecular flexibility index (Phi) is 5.57. The van der Waals surface area contributed by atoms with Crippen LogP contribution < -0.4 is 5.19 Å². The van der Waals surface area contributed by atoms with Crippen LogP contribution in [-0.2, 0) is 4.74 Å². The van der Waals surface area contributed by atoms with E-state index in [9.17, 15) is 0 Å². The van der Waals surface area contributed by atoms with Gasteiger partial charge in [-0.2, -0.15) is 0 Å². The molecular formula is C22H30OSi. The van der Waals surface area contributed by atoms with Crippen molar-refractivity contribution in [3.8, 4) is 0 Å². The molecule has 24 heavy (non-hydrogen) atoms. The molecule has 1 aliphatic heterocycles. The number of hydrogen-bond donors (Lipinski definition) is 0. The van der Waals surface area contributed by atoms with Crippen LogP contribution in [0.15, 0.2) is 60.7 Å². The number of ether oxygens (including phenoxy) is 1. The molecule has 1 fully saturated rings. The Bertz CT molecular complexity index is 623. The predicted octanol–water partition coefficient (Wildman–Crippen LogP) is 5.69. The first-order valence-electron chi connectivity index (χ1n) is 9.39. The third-order valence-corrected chi connectivity index (χ3v) is 10.00. The molecule has 1 heterocycles. The fraction of sp³-hybridized carbons (Fsp3) is 0.455. The van der Waals surface area contributed by atoms with Gasteiger partial charge in [0.15, 0.2) is 0 Å². The highest BCUT2D eigenvalue weighted by Crippen LogP contribution is 2.47. The Morgan fingerprint density at radius 1 is 0.958 bits per heavy atom. The van der Waals surface area contributed by atoms with E-state index in [4.69, 9.17) is 4.74 Å². The number of hydrogen-bond acceptors (Lipinski definition) is 1. The highest BCUT2D eigenvalue weighted by atomic mass is 28.3. The van der Waals surface area contributed by atoms with Crippen molar-refractivity contribution in [2.75, 3.05) is 0 Å². The first-order valence-corrected chi connectivity index (χ1v) is 12.5. The van der Waals surface area contributed by atoms with Crippen LogP contribution in [0, 0.1) is 0 Å². The Hall–Kier alpha value is -1.38. The summed E-state index contributed by atoms with van der Waals surface area (Å²) in [6.45, 7) is 7.34. The zero-order valence-electron chi connectivity index (χ0n) is 15.2. The van der Waals surface area contributed by atoms with E-state index in [1.54, 1.807) is 5.19 Å². The lowest BCUT2D eigenvalue weighted by Gasteiger charge is -2.33. The van der Waals surface area contributed by atoms with Crippen molar-refractivity contribution in [2.24, 2.45) is 0 Å². The summed E-state index contributed by atoms with van der Waals surface area (Å²) in [6.07, 6.45) is 5.57. The van der Waals surface area contributed by atoms with Crippen molar-refractivity contribution < 1.29 is 4.74 Å². The molecule has 0 N–H and O–H groups in total. The predicted molar refractivity (Wildman–Crippen MR) is 106 cm³/mol. The molecule has 2 aromatic carbocycles. The van der Waals surface area contributed by atoms with E-state index in [-0.39, 0.29) is 6.10 Å². The normalized spacial score (nSPS) is 24.2. The largest absolute Gasteiger partial charge is 0.370 e. The van der Waals surface area contributed by atoms with Crippen LogP contribution in [0.5, 0.6) is 0 Å². The summed E-state index contributed by atoms with van der Waals surface area (Å²) in [6, 6.07) is 22.0. The van der Waals surface area contributed by atoms with Crippen molar-refractivity contribution in [1.82, 2.24) is 0 Å². The summed E-state index contributed by atoms with van der Waals surface area (Å²) in [5.74, 6) is 0. The summed E-state index contributed by atoms with van der Waals surface area (Å²) in [4.78, 5) is 0. The van der Waals surface area contributed by atoms with Gasteiger partial charge in [0, 0.05) is 0 Å². The molecule has 0 radical (unpaired) electrons. The second-order valence-electron chi connectivity index (χ2n) is 7.65. The SMILES string of the molecule is CCCC[C@H]1OC(c2ccccc2)C[C@@H]1[Si](C)(C)c1ccccc1. The smallest absolute Gasteiger partial charge is 0.0863 e. The topological polar surface area (TPSA) is 9.23 Å². The molecule has 2 aromatic rings. The summed E-state index contributed by atoms with van der Waals surface area (Å²) < 4.78 is 6.60. The molecule has 128 valence electrons. The fourth-order valence-corrected chi connectivity index (χ4v) is 7.60. The van der Waals surface area contributed by atoms with Gasteiger partial charge in [-0.25, -0.2) is 0 Å². The first kappa shape index (κ1) is 17.4. The van der Waals surface area contributed by atoms with Gasteiger partial charge in [-0.15, -0.1) is 0 Å². The minimum Gasteiger partial charge on any atom is -0.370 e. The minimum atomic E-state index is -1.56. The lowest BCUT2D eigenvalue weighted by atomic mass is 10.0. The second-order valence-corrected chi connectivity index (χ2v) is 12.4. The van der Waals surface area contributed by atoms with E-state index in [1.807, 2.05) is 0 Å². The van der Waals surface area contributed by atoms with Crippen LogP contribution in [0.2, 0.25) is 18.6 Å². The van der Waals surface area contributed by atoms with Crippen molar-refractivity contribution in [2.45, 2.75) is 63.5 Å². The van der Waals surface area contributed by atoms with Crippen LogP contribution in [0.25, 0.3) is 0 Å². The Morgan fingerprint density at radius 2 is 1.58 bits per heavy atom. The van der Waals surface area contributed by atoms with Gasteiger partial charge in [0.1, 0.15) is 0 Å². The van der Waals surface area contributed by atoms with Crippen molar-refractivity contribution >= 4 is 13.3 Å². The standard InChI is InChI=1S/C22H30OSi/c1-4-5-16-20-22(24(2,3)19-14-10-7-11-15-19)17-21(23-20)18-12-8-6-9-13-18/h6-15,20-22H,4-5,16-17H2,1-3H3/t20-,21?,22+/m1/s1. The maximum Gasteiger partial charge on any atom is 0.0863 e. The van der Waals surface area contributed by atoms with Crippen LogP contribution in [0.3, 0.4) is 0 Å². The van der Waals surface area contributed by atoms with Gasteiger partial charge in [-0.3, -0.25) is 0 Å². The summed E-state index contributed by atoms with van der Waals surface area (Å²) in [5.41, 5.74) is 2.04. The highest BCUT2D eigenvalue weighted by molar-refractivity contribution is 6.91. The maximum atomic E-state index is 6.60. The molecular weight excluding hydrogens is 308 g/mol. The van der Waals surface area contributed by atoms with Gasteiger partial charge in [-0.1, -0.05) is 98.7 Å². The lowest BCUT2D eigenvalue weighted by molar-refractivity contribution is 0.0385. The van der Waals surface area contributed by atoms with E-state index in [0.717, 1.165) is 0 Å². The summed E-state index contributed by atoms with van der Waals surface area (Å²) in [7, 11) is -1.56. The first-order chi connectivity index (χ1) is 11.6. The molecule has 3 atom stereocenters. The van der Waals surface area contributed by atoms with Crippen LogP contribution in [0.4, 0.5) is 0 Å². The molecule has 0 bridgehead atoms. The van der Waals surface area contributed by atoms with Gasteiger partial charge >= 0.3 is 0 Å². The maximum absolute atomic E-state index is 6.60. The molecule has 1 aliphatic rings. The molecule has 0 aromatic heterocycles. The average Bonchev–Trinajstić information content (AvgIpc) is 3.06. The molecule has 0 aliphatic carbocycles. The van der Waals surface area contributed by atoms with Crippen molar-refractivity contribution in [1.29, 1.82) is 0 Å². The monoisotopic (exact) mass is 338 g/mol. The molecule has 1 unspecified atom stereocenters. The lowest BCUT2D eigenvalue weighted by Crippen LogP contribution is -2.48. The van der Waals surface area contributed by atoms with Crippen LogP contribution in [0.1, 0.15) is 44.3 Å². The van der Waals surface area contributed by atoms with Crippen molar-refractivity contribution in [3.05, 3.63) is 66.2 Å². The molecule has 2 heteroatoms. The number of unbranched alkanes of at least 4 members (excludes halogenated alkanes) is 1. The zero-order chi connectivity index (χ0) is 17.0. The van der Waals surface area contributed by atoms with Gasteiger partial charge in [-0.05, 0) is 23.9 Å². The molecule has 0 spiro atoms. The average molecular weight is 339 g/mol. The summed E-state index contributed by atoms with van der Waals surface area (Å²) in [5, 5.41) is 1.56. The minimum absolute atomic E-state index is 0.272. The molecule has 3 rings (SSSR count). The van der Waals surface area contributed by atoms with E-state index in [1.165, 1.54) is 31.2 Å². The highest BCUT2D eigenvalue weighted by Gasteiger charge is 2.45. The molecule has 1 saturated heterocycles. The van der Waals surface area contributed by atoms with Gasteiger partial charge in [0.2, 0.25) is 0 Å². The zero-order valence-corrected chi connectivity index (χ0v) is 16.2. The van der Waals surface area contributed by atoms with Gasteiger partial charge < -0.3 is 4.74 Å². The molecule has 1 nitrogen and oxygen atoms in total. The number of rotatable bonds is 6. The van der Waals surface area contributed by atoms with Gasteiger partial charge in [0.05, 0.1) is 20.3 Å². The van der Waals surface area contributed by atoms with Crippen LogP contribution >= 0.6 is 0 Å². The van der Waals surface area contributed by atoms with Gasteiger partial charge in [0.25, 0.3) is 0 Å². The fourth-order valence-electron chi connectivity index (χ4n) is 4.14. The molecule has 0 amide bonds. The third kappa shape index (κ3) is 3.65. The Morgan fingerprint density at radius 3 is 2.21 bits per heavy atom. The quantitative estimate of drug-likeness (QED) is 0.615. The Balaban J connectivity index is 1.86. The number of benzene rings is 2. The van der Waals surface area contributed by atoms with Crippen molar-refractivity contribution in [3.63, 3.8) is 0 Å². The summed E-state index contributed by atoms with van der Waals surface area (Å²) >= 11 is 0. The molecule has 0 saturated carbocycles. The van der Waals surface area contributed by atoms with E-state index in [0.29, 0.717) is 11.6 Å².